The first kappa shape index (κ1) is 17.3. The van der Waals surface area contributed by atoms with Crippen molar-refractivity contribution < 1.29 is 0 Å². The molecule has 134 valence electrons. The summed E-state index contributed by atoms with van der Waals surface area (Å²) < 4.78 is 0. The fourth-order valence-electron chi connectivity index (χ4n) is 4.61. The molecule has 0 atom stereocenters. The third-order valence-corrected chi connectivity index (χ3v) is 19.2. The molecule has 2 heteroatoms. The summed E-state index contributed by atoms with van der Waals surface area (Å²) in [7, 11) is -2.71. The number of rotatable bonds is 4. The van der Waals surface area contributed by atoms with Gasteiger partial charge in [-0.2, -0.15) is 0 Å². The minimum atomic E-state index is -1.85. The van der Waals surface area contributed by atoms with Gasteiger partial charge in [-0.3, -0.25) is 0 Å². The van der Waals surface area contributed by atoms with Crippen molar-refractivity contribution in [2.45, 2.75) is 6.04 Å². The lowest BCUT2D eigenvalue weighted by molar-refractivity contribution is 1.59. The van der Waals surface area contributed by atoms with Gasteiger partial charge in [-0.25, -0.2) is 0 Å². The maximum Gasteiger partial charge on any atom is 0.135 e. The van der Waals surface area contributed by atoms with Crippen LogP contribution in [0.15, 0.2) is 121 Å². The van der Waals surface area contributed by atoms with Crippen molar-refractivity contribution in [3.63, 3.8) is 0 Å². The van der Waals surface area contributed by atoms with E-state index in [9.17, 15) is 0 Å². The summed E-state index contributed by atoms with van der Waals surface area (Å²) in [5, 5.41) is 6.41. The average Bonchev–Trinajstić information content (AvgIpc) is 2.76. The number of hydrogen-bond donors (Lipinski definition) is 0. The van der Waals surface area contributed by atoms with E-state index in [0.717, 1.165) is 0 Å². The summed E-state index contributed by atoms with van der Waals surface area (Å²) >= 11 is 0. The molecule has 1 aliphatic heterocycles. The summed E-state index contributed by atoms with van der Waals surface area (Å²) in [5.74, 6) is 0. The van der Waals surface area contributed by atoms with Crippen molar-refractivity contribution >= 4 is 36.2 Å². The molecule has 0 saturated carbocycles. The molecule has 0 nitrogen and oxygen atoms in total. The average molecular weight is 391 g/mol. The smallest absolute Gasteiger partial charge is 0.0626 e. The van der Waals surface area contributed by atoms with Crippen molar-refractivity contribution in [1.29, 1.82) is 0 Å². The minimum Gasteiger partial charge on any atom is -0.0626 e. The largest absolute Gasteiger partial charge is 0.135 e. The lowest BCUT2D eigenvalue weighted by Gasteiger charge is -2.45. The van der Waals surface area contributed by atoms with Crippen LogP contribution in [-0.2, 0) is 0 Å². The number of benzene rings is 4. The summed E-state index contributed by atoms with van der Waals surface area (Å²) in [6, 6.07) is 46.3. The second-order valence-electron chi connectivity index (χ2n) is 7.40. The van der Waals surface area contributed by atoms with Gasteiger partial charge in [-0.05, 0) is 16.8 Å². The van der Waals surface area contributed by atoms with E-state index in [2.05, 4.69) is 121 Å². The van der Waals surface area contributed by atoms with Crippen LogP contribution in [0.3, 0.4) is 0 Å². The molecule has 0 bridgehead atoms. The predicted octanol–water partition coefficient (Wildman–Crippen LogP) is 3.55. The van der Waals surface area contributed by atoms with Crippen LogP contribution in [0.2, 0.25) is 6.04 Å². The third-order valence-electron chi connectivity index (χ3n) is 5.89. The molecule has 0 N–H and O–H groups in total. The molecule has 0 fully saturated rings. The highest BCUT2D eigenvalue weighted by Gasteiger charge is 2.51. The maximum atomic E-state index is 2.38. The Balaban J connectivity index is 1.82. The Morgan fingerprint density at radius 3 is 1.43 bits per heavy atom. The second-order valence-corrected chi connectivity index (χ2v) is 16.7. The Labute approximate surface area is 169 Å². The van der Waals surface area contributed by atoms with E-state index in [1.807, 2.05) is 0 Å². The molecule has 0 amide bonds. The highest BCUT2D eigenvalue weighted by atomic mass is 29.2. The van der Waals surface area contributed by atoms with Crippen LogP contribution in [0.25, 0.3) is 0 Å². The topological polar surface area (TPSA) is 0 Å². The molecule has 5 rings (SSSR count). The van der Waals surface area contributed by atoms with Crippen LogP contribution in [0, 0.1) is 0 Å². The molecular formula is C26H22Si2. The SMILES string of the molecule is c1ccc(C2=[Si](c3ccccc3)[Si](c3ccccc3)(c3ccccc3)C2)cc1. The Hall–Kier alpha value is -2.82. The summed E-state index contributed by atoms with van der Waals surface area (Å²) in [6.07, 6.45) is 0. The van der Waals surface area contributed by atoms with Gasteiger partial charge in [0.25, 0.3) is 0 Å². The monoisotopic (exact) mass is 390 g/mol. The van der Waals surface area contributed by atoms with Gasteiger partial charge in [0.05, 0.1) is 7.93 Å². The Kier molecular flexibility index (Phi) is 4.51. The fraction of sp³-hybridized carbons (Fsp3) is 0.0385. The highest BCUT2D eigenvalue weighted by Crippen LogP contribution is 2.26. The molecule has 0 aliphatic carbocycles. The van der Waals surface area contributed by atoms with Gasteiger partial charge in [0.1, 0.15) is 7.59 Å². The van der Waals surface area contributed by atoms with E-state index in [0.29, 0.717) is 0 Å². The van der Waals surface area contributed by atoms with E-state index >= 15 is 0 Å². The predicted molar refractivity (Wildman–Crippen MR) is 125 cm³/mol. The van der Waals surface area contributed by atoms with Crippen LogP contribution in [0.5, 0.6) is 0 Å². The lowest BCUT2D eigenvalue weighted by Crippen LogP contribution is -2.77. The number of hydrogen-bond acceptors (Lipinski definition) is 0. The molecule has 28 heavy (non-hydrogen) atoms. The third kappa shape index (κ3) is 2.77. The quantitative estimate of drug-likeness (QED) is 0.468. The van der Waals surface area contributed by atoms with Crippen molar-refractivity contribution in [3.05, 3.63) is 127 Å². The van der Waals surface area contributed by atoms with Gasteiger partial charge in [0.2, 0.25) is 0 Å². The van der Waals surface area contributed by atoms with Crippen molar-refractivity contribution in [2.24, 2.45) is 0 Å². The molecule has 0 spiro atoms. The molecule has 1 aliphatic rings. The Bertz CT molecular complexity index is 1060. The summed E-state index contributed by atoms with van der Waals surface area (Å²) in [5.41, 5.74) is 1.44. The van der Waals surface area contributed by atoms with Crippen LogP contribution in [-0.4, -0.2) is 20.7 Å². The first-order valence-electron chi connectivity index (χ1n) is 9.85. The minimum absolute atomic E-state index is 0.863. The molecule has 0 radical (unpaired) electrons. The van der Waals surface area contributed by atoms with Crippen molar-refractivity contribution in [3.8, 4) is 0 Å². The first-order chi connectivity index (χ1) is 13.9. The van der Waals surface area contributed by atoms with E-state index in [4.69, 9.17) is 0 Å². The zero-order chi connectivity index (χ0) is 18.8. The summed E-state index contributed by atoms with van der Waals surface area (Å²) in [6.45, 7) is 0. The Morgan fingerprint density at radius 2 is 0.929 bits per heavy atom. The Morgan fingerprint density at radius 1 is 0.500 bits per heavy atom. The van der Waals surface area contributed by atoms with E-state index < -0.39 is 15.5 Å². The summed E-state index contributed by atoms with van der Waals surface area (Å²) in [4.78, 5) is 0. The molecule has 4 aromatic carbocycles. The zero-order valence-corrected chi connectivity index (χ0v) is 17.8. The van der Waals surface area contributed by atoms with Gasteiger partial charge in [-0.1, -0.05) is 137 Å². The van der Waals surface area contributed by atoms with Crippen LogP contribution in [0.1, 0.15) is 5.56 Å². The van der Waals surface area contributed by atoms with Gasteiger partial charge >= 0.3 is 0 Å². The van der Waals surface area contributed by atoms with Gasteiger partial charge in [0, 0.05) is 0 Å². The normalized spacial score (nSPS) is 15.1. The van der Waals surface area contributed by atoms with Crippen molar-refractivity contribution in [1.82, 2.24) is 0 Å². The van der Waals surface area contributed by atoms with Crippen LogP contribution in [0.4, 0.5) is 0 Å². The van der Waals surface area contributed by atoms with E-state index in [-0.39, 0.29) is 0 Å². The molecule has 0 aromatic heterocycles. The van der Waals surface area contributed by atoms with Crippen LogP contribution >= 0.6 is 0 Å². The molecule has 4 aromatic rings. The fourth-order valence-corrected chi connectivity index (χ4v) is 18.8. The van der Waals surface area contributed by atoms with E-state index in [1.54, 1.807) is 20.7 Å². The van der Waals surface area contributed by atoms with Crippen molar-refractivity contribution in [2.75, 3.05) is 0 Å². The second kappa shape index (κ2) is 7.30. The highest BCUT2D eigenvalue weighted by molar-refractivity contribution is 7.55. The zero-order valence-electron chi connectivity index (χ0n) is 15.8. The van der Waals surface area contributed by atoms with Gasteiger partial charge in [-0.15, -0.1) is 0 Å². The maximum absolute atomic E-state index is 2.38. The molecule has 1 heterocycles. The van der Waals surface area contributed by atoms with Crippen LogP contribution < -0.4 is 15.6 Å². The standard InChI is InChI=1S/C26H22Si2/c1-5-13-22(14-6-1)26-21-28(24-17-9-3-10-18-24,25-19-11-4-12-20-25)27(26)23-15-7-2-8-16-23/h1-20H,21H2. The molecule has 0 saturated heterocycles. The molecular weight excluding hydrogens is 368 g/mol. The molecule has 0 unspecified atom stereocenters. The first-order valence-corrected chi connectivity index (χ1v) is 14.6. The van der Waals surface area contributed by atoms with Gasteiger partial charge < -0.3 is 0 Å². The lowest BCUT2D eigenvalue weighted by atomic mass is 10.2. The van der Waals surface area contributed by atoms with Gasteiger partial charge in [0.15, 0.2) is 0 Å². The van der Waals surface area contributed by atoms with E-state index in [1.165, 1.54) is 11.6 Å².